The molecule has 20 heavy (non-hydrogen) atoms. The molecule has 1 aromatic rings. The Kier molecular flexibility index (Phi) is 4.09. The molecule has 1 aliphatic heterocycles. The molecule has 1 fully saturated rings. The van der Waals surface area contributed by atoms with Crippen molar-refractivity contribution in [3.63, 3.8) is 0 Å². The highest BCUT2D eigenvalue weighted by Crippen LogP contribution is 2.27. The van der Waals surface area contributed by atoms with E-state index < -0.39 is 22.0 Å². The van der Waals surface area contributed by atoms with E-state index in [1.54, 1.807) is 6.07 Å². The van der Waals surface area contributed by atoms with Crippen LogP contribution in [-0.2, 0) is 10.0 Å². The maximum atomic E-state index is 13.3. The standard InChI is InChI=1S/C13H16FN3O2S/c1-9-3-2-6-17(13(9)16)20(18,19)11-4-5-12(14)10(7-11)8-15/h4-5,7,9,13H,2-3,6,16H2,1H3. The second kappa shape index (κ2) is 5.48. The van der Waals surface area contributed by atoms with Crippen molar-refractivity contribution in [2.75, 3.05) is 6.54 Å². The van der Waals surface area contributed by atoms with Gasteiger partial charge in [0.15, 0.2) is 0 Å². The Morgan fingerprint density at radius 1 is 1.50 bits per heavy atom. The molecule has 2 atom stereocenters. The summed E-state index contributed by atoms with van der Waals surface area (Å²) < 4.78 is 39.6. The van der Waals surface area contributed by atoms with Crippen molar-refractivity contribution in [2.24, 2.45) is 11.7 Å². The van der Waals surface area contributed by atoms with Gasteiger partial charge in [-0.15, -0.1) is 0 Å². The second-order valence-corrected chi connectivity index (χ2v) is 6.87. The van der Waals surface area contributed by atoms with Gasteiger partial charge in [0.05, 0.1) is 16.6 Å². The molecule has 1 heterocycles. The fourth-order valence-electron chi connectivity index (χ4n) is 2.34. The van der Waals surface area contributed by atoms with Crippen LogP contribution in [0.1, 0.15) is 25.3 Å². The van der Waals surface area contributed by atoms with Crippen LogP contribution in [0, 0.1) is 23.1 Å². The van der Waals surface area contributed by atoms with Gasteiger partial charge in [-0.3, -0.25) is 0 Å². The van der Waals surface area contributed by atoms with Crippen LogP contribution in [0.4, 0.5) is 4.39 Å². The van der Waals surface area contributed by atoms with Gasteiger partial charge in [0.2, 0.25) is 10.0 Å². The van der Waals surface area contributed by atoms with Gasteiger partial charge in [0.25, 0.3) is 0 Å². The predicted octanol–water partition coefficient (Wildman–Crippen LogP) is 1.40. The third kappa shape index (κ3) is 2.54. The monoisotopic (exact) mass is 297 g/mol. The molecular formula is C13H16FN3O2S. The minimum atomic E-state index is -3.80. The van der Waals surface area contributed by atoms with Crippen molar-refractivity contribution in [1.82, 2.24) is 4.31 Å². The third-order valence-electron chi connectivity index (χ3n) is 3.62. The Morgan fingerprint density at radius 3 is 2.85 bits per heavy atom. The van der Waals surface area contributed by atoms with Crippen molar-refractivity contribution >= 4 is 10.0 Å². The molecule has 108 valence electrons. The largest absolute Gasteiger partial charge is 0.315 e. The summed E-state index contributed by atoms with van der Waals surface area (Å²) in [6.07, 6.45) is 1.02. The number of rotatable bonds is 2. The molecule has 0 aliphatic carbocycles. The van der Waals surface area contributed by atoms with Crippen LogP contribution in [0.3, 0.4) is 0 Å². The Labute approximate surface area is 117 Å². The molecule has 0 spiro atoms. The topological polar surface area (TPSA) is 87.2 Å². The zero-order valence-electron chi connectivity index (χ0n) is 11.1. The lowest BCUT2D eigenvalue weighted by Crippen LogP contribution is -2.52. The Hall–Kier alpha value is -1.49. The fraction of sp³-hybridized carbons (Fsp3) is 0.462. The summed E-state index contributed by atoms with van der Waals surface area (Å²) in [4.78, 5) is -0.0972. The molecule has 7 heteroatoms. The average Bonchev–Trinajstić information content (AvgIpc) is 2.42. The summed E-state index contributed by atoms with van der Waals surface area (Å²) in [5.74, 6) is -0.669. The van der Waals surface area contributed by atoms with Crippen LogP contribution in [0.25, 0.3) is 0 Å². The van der Waals surface area contributed by atoms with E-state index in [0.29, 0.717) is 6.54 Å². The molecule has 0 radical (unpaired) electrons. The van der Waals surface area contributed by atoms with Gasteiger partial charge >= 0.3 is 0 Å². The quantitative estimate of drug-likeness (QED) is 0.894. The lowest BCUT2D eigenvalue weighted by atomic mass is 9.99. The predicted molar refractivity (Wildman–Crippen MR) is 71.4 cm³/mol. The van der Waals surface area contributed by atoms with Gasteiger partial charge in [-0.1, -0.05) is 6.92 Å². The number of nitrogens with two attached hydrogens (primary N) is 1. The molecule has 1 aromatic carbocycles. The minimum Gasteiger partial charge on any atom is -0.315 e. The minimum absolute atomic E-state index is 0.0643. The van der Waals surface area contributed by atoms with Crippen LogP contribution >= 0.6 is 0 Å². The maximum absolute atomic E-state index is 13.3. The van der Waals surface area contributed by atoms with E-state index in [0.717, 1.165) is 31.0 Å². The lowest BCUT2D eigenvalue weighted by Gasteiger charge is -2.36. The molecule has 5 nitrogen and oxygen atoms in total. The molecule has 1 aliphatic rings. The number of piperidine rings is 1. The van der Waals surface area contributed by atoms with Gasteiger partial charge in [-0.25, -0.2) is 12.8 Å². The normalized spacial score (nSPS) is 24.3. The van der Waals surface area contributed by atoms with Gasteiger partial charge in [-0.2, -0.15) is 9.57 Å². The lowest BCUT2D eigenvalue weighted by molar-refractivity contribution is 0.192. The summed E-state index contributed by atoms with van der Waals surface area (Å²) >= 11 is 0. The first-order valence-corrected chi connectivity index (χ1v) is 7.79. The number of halogens is 1. The zero-order chi connectivity index (χ0) is 14.9. The van der Waals surface area contributed by atoms with Gasteiger partial charge < -0.3 is 5.73 Å². The molecule has 1 saturated heterocycles. The third-order valence-corrected chi connectivity index (χ3v) is 5.51. The van der Waals surface area contributed by atoms with Gasteiger partial charge in [0, 0.05) is 6.54 Å². The van der Waals surface area contributed by atoms with Crippen LogP contribution in [0.15, 0.2) is 23.1 Å². The van der Waals surface area contributed by atoms with E-state index in [9.17, 15) is 12.8 Å². The summed E-state index contributed by atoms with van der Waals surface area (Å²) in [5.41, 5.74) is 5.67. The molecule has 2 unspecified atom stereocenters. The first-order chi connectivity index (χ1) is 9.37. The SMILES string of the molecule is CC1CCCN(S(=O)(=O)c2ccc(F)c(C#N)c2)C1N. The summed E-state index contributed by atoms with van der Waals surface area (Å²) in [6, 6.07) is 4.85. The molecule has 2 N–H and O–H groups in total. The maximum Gasteiger partial charge on any atom is 0.244 e. The van der Waals surface area contributed by atoms with E-state index in [1.807, 2.05) is 6.92 Å². The number of hydrogen-bond acceptors (Lipinski definition) is 4. The van der Waals surface area contributed by atoms with Crippen LogP contribution in [0.2, 0.25) is 0 Å². The first-order valence-electron chi connectivity index (χ1n) is 6.35. The van der Waals surface area contributed by atoms with E-state index in [2.05, 4.69) is 0 Å². The first kappa shape index (κ1) is 14.9. The van der Waals surface area contributed by atoms with Crippen molar-refractivity contribution < 1.29 is 12.8 Å². The zero-order valence-corrected chi connectivity index (χ0v) is 11.9. The highest BCUT2D eigenvalue weighted by atomic mass is 32.2. The molecular weight excluding hydrogens is 281 g/mol. The summed E-state index contributed by atoms with van der Waals surface area (Å²) in [7, 11) is -3.80. The molecule has 0 saturated carbocycles. The van der Waals surface area contributed by atoms with Crippen molar-refractivity contribution in [3.8, 4) is 6.07 Å². The smallest absolute Gasteiger partial charge is 0.244 e. The highest BCUT2D eigenvalue weighted by Gasteiger charge is 2.35. The van der Waals surface area contributed by atoms with Crippen LogP contribution in [0.5, 0.6) is 0 Å². The Bertz CT molecular complexity index is 654. The Balaban J connectivity index is 2.42. The molecule has 0 amide bonds. The number of nitriles is 1. The highest BCUT2D eigenvalue weighted by molar-refractivity contribution is 7.89. The number of nitrogens with zero attached hydrogens (tertiary/aromatic N) is 2. The molecule has 2 rings (SSSR count). The van der Waals surface area contributed by atoms with E-state index in [4.69, 9.17) is 11.0 Å². The van der Waals surface area contributed by atoms with Crippen molar-refractivity contribution in [2.45, 2.75) is 30.8 Å². The fourth-order valence-corrected chi connectivity index (χ4v) is 4.01. The van der Waals surface area contributed by atoms with E-state index >= 15 is 0 Å². The van der Waals surface area contributed by atoms with Crippen LogP contribution < -0.4 is 5.73 Å². The summed E-state index contributed by atoms with van der Waals surface area (Å²) in [5, 5.41) is 8.79. The van der Waals surface area contributed by atoms with E-state index in [-0.39, 0.29) is 16.4 Å². The number of sulfonamides is 1. The second-order valence-electron chi connectivity index (χ2n) is 4.98. The molecule has 0 aromatic heterocycles. The van der Waals surface area contributed by atoms with Crippen molar-refractivity contribution in [3.05, 3.63) is 29.6 Å². The van der Waals surface area contributed by atoms with Crippen molar-refractivity contribution in [1.29, 1.82) is 5.26 Å². The molecule has 0 bridgehead atoms. The van der Waals surface area contributed by atoms with Crippen LogP contribution in [-0.4, -0.2) is 25.4 Å². The number of benzene rings is 1. The van der Waals surface area contributed by atoms with Gasteiger partial charge in [-0.05, 0) is 37.0 Å². The number of hydrogen-bond donors (Lipinski definition) is 1. The van der Waals surface area contributed by atoms with E-state index in [1.165, 1.54) is 4.31 Å². The average molecular weight is 297 g/mol. The Morgan fingerprint density at radius 2 is 2.20 bits per heavy atom. The summed E-state index contributed by atoms with van der Waals surface area (Å²) in [6.45, 7) is 2.24. The van der Waals surface area contributed by atoms with Gasteiger partial charge in [0.1, 0.15) is 11.9 Å².